The zero-order chi connectivity index (χ0) is 14.5. The molecule has 6 heteroatoms. The number of carbonyl (C=O) groups excluding carboxylic acids is 3. The Kier molecular flexibility index (Phi) is 5.11. The van der Waals surface area contributed by atoms with Crippen LogP contribution in [0.2, 0.25) is 0 Å². The van der Waals surface area contributed by atoms with Crippen molar-refractivity contribution in [1.82, 2.24) is 5.32 Å². The first-order valence-corrected chi connectivity index (χ1v) is 7.09. The molecule has 0 aromatic carbocycles. The van der Waals surface area contributed by atoms with Crippen LogP contribution in [0.4, 0.5) is 0 Å². The molecule has 0 bridgehead atoms. The van der Waals surface area contributed by atoms with Gasteiger partial charge in [-0.2, -0.15) is 0 Å². The fourth-order valence-electron chi connectivity index (χ4n) is 2.85. The van der Waals surface area contributed by atoms with Crippen molar-refractivity contribution in [3.05, 3.63) is 0 Å². The van der Waals surface area contributed by atoms with Crippen LogP contribution in [-0.4, -0.2) is 44.0 Å². The van der Waals surface area contributed by atoms with Gasteiger partial charge in [0.1, 0.15) is 11.8 Å². The van der Waals surface area contributed by atoms with E-state index in [1.165, 1.54) is 7.11 Å². The molecular formula is C14H21NO5. The van der Waals surface area contributed by atoms with Crippen molar-refractivity contribution < 1.29 is 23.9 Å². The first kappa shape index (κ1) is 15.0. The van der Waals surface area contributed by atoms with Crippen LogP contribution in [0.5, 0.6) is 0 Å². The molecule has 2 rings (SSSR count). The molecule has 0 aromatic rings. The lowest BCUT2D eigenvalue weighted by molar-refractivity contribution is -0.148. The topological polar surface area (TPSA) is 81.7 Å². The third-order valence-electron chi connectivity index (χ3n) is 4.05. The van der Waals surface area contributed by atoms with Gasteiger partial charge in [-0.3, -0.25) is 9.59 Å². The predicted molar refractivity (Wildman–Crippen MR) is 69.8 cm³/mol. The molecule has 1 amide bonds. The summed E-state index contributed by atoms with van der Waals surface area (Å²) >= 11 is 0. The van der Waals surface area contributed by atoms with Crippen LogP contribution < -0.4 is 5.32 Å². The highest BCUT2D eigenvalue weighted by molar-refractivity contribution is 5.87. The van der Waals surface area contributed by atoms with Crippen molar-refractivity contribution in [1.29, 1.82) is 0 Å². The van der Waals surface area contributed by atoms with Crippen LogP contribution >= 0.6 is 0 Å². The minimum atomic E-state index is -0.725. The number of esters is 1. The van der Waals surface area contributed by atoms with E-state index in [9.17, 15) is 14.4 Å². The third-order valence-corrected chi connectivity index (χ3v) is 4.05. The normalized spacial score (nSPS) is 27.9. The Balaban J connectivity index is 2.01. The van der Waals surface area contributed by atoms with Gasteiger partial charge in [0.25, 0.3) is 0 Å². The summed E-state index contributed by atoms with van der Waals surface area (Å²) in [4.78, 5) is 35.6. The van der Waals surface area contributed by atoms with Crippen molar-refractivity contribution in [2.45, 2.75) is 38.1 Å². The predicted octanol–water partition coefficient (Wildman–Crippen LogP) is 0.440. The lowest BCUT2D eigenvalue weighted by atomic mass is 9.83. The molecule has 20 heavy (non-hydrogen) atoms. The summed E-state index contributed by atoms with van der Waals surface area (Å²) in [5.41, 5.74) is 0. The first-order chi connectivity index (χ1) is 9.61. The molecule has 112 valence electrons. The van der Waals surface area contributed by atoms with Crippen LogP contribution in [0.25, 0.3) is 0 Å². The van der Waals surface area contributed by atoms with Crippen molar-refractivity contribution in [2.24, 2.45) is 11.8 Å². The maximum atomic E-state index is 12.1. The van der Waals surface area contributed by atoms with Crippen LogP contribution in [0, 0.1) is 11.8 Å². The number of carbonyl (C=O) groups is 3. The molecule has 1 aliphatic carbocycles. The van der Waals surface area contributed by atoms with Gasteiger partial charge in [0.15, 0.2) is 0 Å². The summed E-state index contributed by atoms with van der Waals surface area (Å²) in [6.45, 7) is 0.964. The van der Waals surface area contributed by atoms with E-state index >= 15 is 0 Å². The van der Waals surface area contributed by atoms with Gasteiger partial charge < -0.3 is 14.8 Å². The Bertz CT molecular complexity index is 389. The van der Waals surface area contributed by atoms with Crippen LogP contribution in [0.15, 0.2) is 0 Å². The number of rotatable bonds is 4. The Labute approximate surface area is 118 Å². The van der Waals surface area contributed by atoms with E-state index in [1.54, 1.807) is 0 Å². The molecule has 0 radical (unpaired) electrons. The number of ether oxygens (including phenoxy) is 2. The minimum absolute atomic E-state index is 0.147. The Morgan fingerprint density at radius 3 is 2.80 bits per heavy atom. The fraction of sp³-hybridized carbons (Fsp3) is 0.786. The van der Waals surface area contributed by atoms with Gasteiger partial charge in [-0.15, -0.1) is 0 Å². The van der Waals surface area contributed by atoms with Gasteiger partial charge in [0, 0.05) is 19.4 Å². The second-order valence-electron chi connectivity index (χ2n) is 5.47. The van der Waals surface area contributed by atoms with Crippen molar-refractivity contribution >= 4 is 17.7 Å². The Morgan fingerprint density at radius 1 is 1.40 bits per heavy atom. The lowest BCUT2D eigenvalue weighted by Gasteiger charge is -2.29. The van der Waals surface area contributed by atoms with Crippen LogP contribution in [0.3, 0.4) is 0 Å². The van der Waals surface area contributed by atoms with E-state index in [4.69, 9.17) is 9.47 Å². The molecule has 1 saturated heterocycles. The zero-order valence-corrected chi connectivity index (χ0v) is 11.7. The Morgan fingerprint density at radius 2 is 2.20 bits per heavy atom. The quantitative estimate of drug-likeness (QED) is 0.757. The van der Waals surface area contributed by atoms with Gasteiger partial charge >= 0.3 is 5.97 Å². The van der Waals surface area contributed by atoms with Crippen LogP contribution in [-0.2, 0) is 23.9 Å². The van der Waals surface area contributed by atoms with Crippen LogP contribution in [0.1, 0.15) is 32.1 Å². The monoisotopic (exact) mass is 283 g/mol. The number of ketones is 1. The van der Waals surface area contributed by atoms with E-state index in [2.05, 4.69) is 5.32 Å². The summed E-state index contributed by atoms with van der Waals surface area (Å²) in [7, 11) is 1.30. The second kappa shape index (κ2) is 6.83. The molecule has 2 fully saturated rings. The summed E-state index contributed by atoms with van der Waals surface area (Å²) in [6.07, 6.45) is 3.09. The van der Waals surface area contributed by atoms with Gasteiger partial charge in [-0.1, -0.05) is 0 Å². The molecular weight excluding hydrogens is 262 g/mol. The maximum Gasteiger partial charge on any atom is 0.328 e. The molecule has 1 heterocycles. The highest BCUT2D eigenvalue weighted by atomic mass is 16.5. The van der Waals surface area contributed by atoms with Crippen molar-refractivity contribution in [3.63, 3.8) is 0 Å². The number of nitrogens with one attached hydrogen (secondary N) is 1. The highest BCUT2D eigenvalue weighted by Gasteiger charge is 2.36. The number of Topliss-reactive ketones (excluding diaryl/α,β-unsaturated/α-hetero) is 1. The molecule has 3 atom stereocenters. The van der Waals surface area contributed by atoms with E-state index < -0.39 is 12.0 Å². The van der Waals surface area contributed by atoms with E-state index in [0.29, 0.717) is 32.5 Å². The molecule has 1 aliphatic heterocycles. The molecule has 0 unspecified atom stereocenters. The SMILES string of the molecule is COC(=O)[C@@H](NC(=O)[C@H]1CCOC1)[C@H]1CCCC(=O)C1. The lowest BCUT2D eigenvalue weighted by Crippen LogP contribution is -2.49. The number of amides is 1. The molecule has 1 saturated carbocycles. The largest absolute Gasteiger partial charge is 0.467 e. The molecule has 1 N–H and O–H groups in total. The number of hydrogen-bond acceptors (Lipinski definition) is 5. The smallest absolute Gasteiger partial charge is 0.328 e. The summed E-state index contributed by atoms with van der Waals surface area (Å²) < 4.78 is 9.95. The third kappa shape index (κ3) is 3.56. The summed E-state index contributed by atoms with van der Waals surface area (Å²) in [6, 6.07) is -0.725. The number of hydrogen-bond donors (Lipinski definition) is 1. The van der Waals surface area contributed by atoms with Gasteiger partial charge in [-0.05, 0) is 25.2 Å². The van der Waals surface area contributed by atoms with E-state index in [-0.39, 0.29) is 23.5 Å². The maximum absolute atomic E-state index is 12.1. The van der Waals surface area contributed by atoms with Crippen molar-refractivity contribution in [3.8, 4) is 0 Å². The molecule has 2 aliphatic rings. The standard InChI is InChI=1S/C14H21NO5/c1-19-14(18)12(9-3-2-4-11(16)7-9)15-13(17)10-5-6-20-8-10/h9-10,12H,2-8H2,1H3,(H,15,17)/t9-,10-,12-/m0/s1. The Hall–Kier alpha value is -1.43. The number of methoxy groups -OCH3 is 1. The van der Waals surface area contributed by atoms with Gasteiger partial charge in [0.05, 0.1) is 19.6 Å². The highest BCUT2D eigenvalue weighted by Crippen LogP contribution is 2.25. The van der Waals surface area contributed by atoms with E-state index in [0.717, 1.165) is 12.8 Å². The average molecular weight is 283 g/mol. The zero-order valence-electron chi connectivity index (χ0n) is 11.7. The van der Waals surface area contributed by atoms with Gasteiger partial charge in [0.2, 0.25) is 5.91 Å². The van der Waals surface area contributed by atoms with E-state index in [1.807, 2.05) is 0 Å². The molecule has 0 spiro atoms. The van der Waals surface area contributed by atoms with Crippen molar-refractivity contribution in [2.75, 3.05) is 20.3 Å². The van der Waals surface area contributed by atoms with Gasteiger partial charge in [-0.25, -0.2) is 4.79 Å². The first-order valence-electron chi connectivity index (χ1n) is 7.09. The molecule has 6 nitrogen and oxygen atoms in total. The molecule has 0 aromatic heterocycles. The fourth-order valence-corrected chi connectivity index (χ4v) is 2.85. The average Bonchev–Trinajstić information content (AvgIpc) is 2.98. The second-order valence-corrected chi connectivity index (χ2v) is 5.47. The minimum Gasteiger partial charge on any atom is -0.467 e. The summed E-state index contributed by atoms with van der Waals surface area (Å²) in [5, 5.41) is 2.75. The summed E-state index contributed by atoms with van der Waals surface area (Å²) in [5.74, 6) is -0.877.